The number of benzene rings is 3. The Bertz CT molecular complexity index is 863. The third kappa shape index (κ3) is 5.10. The molecule has 0 aliphatic heterocycles. The second-order valence-electron chi connectivity index (χ2n) is 5.70. The number of nitrogens with zero attached hydrogens (tertiary/aromatic N) is 1. The van der Waals surface area contributed by atoms with Crippen LogP contribution in [-0.2, 0) is 6.61 Å². The molecule has 0 spiro atoms. The summed E-state index contributed by atoms with van der Waals surface area (Å²) < 4.78 is 5.96. The SMILES string of the molecule is Cc1cccc(COc2ccc(Cl)cc2C=NNc2ccccc2)c1. The van der Waals surface area contributed by atoms with Crippen molar-refractivity contribution in [3.63, 3.8) is 0 Å². The molecule has 0 unspecified atom stereocenters. The molecule has 126 valence electrons. The van der Waals surface area contributed by atoms with Gasteiger partial charge in [0.15, 0.2) is 0 Å². The molecule has 25 heavy (non-hydrogen) atoms. The Balaban J connectivity index is 1.71. The first kappa shape index (κ1) is 17.1. The lowest BCUT2D eigenvalue weighted by molar-refractivity contribution is 0.305. The van der Waals surface area contributed by atoms with Gasteiger partial charge in [-0.15, -0.1) is 0 Å². The van der Waals surface area contributed by atoms with Crippen molar-refractivity contribution in [2.24, 2.45) is 5.10 Å². The normalized spacial score (nSPS) is 10.8. The van der Waals surface area contributed by atoms with Crippen molar-refractivity contribution in [1.29, 1.82) is 0 Å². The van der Waals surface area contributed by atoms with E-state index in [1.54, 1.807) is 6.21 Å². The van der Waals surface area contributed by atoms with E-state index in [0.717, 1.165) is 22.6 Å². The molecule has 1 N–H and O–H groups in total. The Labute approximate surface area is 152 Å². The smallest absolute Gasteiger partial charge is 0.128 e. The summed E-state index contributed by atoms with van der Waals surface area (Å²) in [4.78, 5) is 0. The van der Waals surface area contributed by atoms with Gasteiger partial charge in [-0.3, -0.25) is 5.43 Å². The summed E-state index contributed by atoms with van der Waals surface area (Å²) in [7, 11) is 0. The molecule has 0 radical (unpaired) electrons. The van der Waals surface area contributed by atoms with Crippen molar-refractivity contribution in [1.82, 2.24) is 0 Å². The summed E-state index contributed by atoms with van der Waals surface area (Å²) in [6, 6.07) is 23.5. The number of rotatable bonds is 6. The van der Waals surface area contributed by atoms with Gasteiger partial charge in [0.2, 0.25) is 0 Å². The van der Waals surface area contributed by atoms with Gasteiger partial charge in [0.25, 0.3) is 0 Å². The van der Waals surface area contributed by atoms with Crippen LogP contribution in [-0.4, -0.2) is 6.21 Å². The molecule has 3 aromatic carbocycles. The lowest BCUT2D eigenvalue weighted by Crippen LogP contribution is -1.99. The predicted molar refractivity (Wildman–Crippen MR) is 105 cm³/mol. The van der Waals surface area contributed by atoms with Gasteiger partial charge in [-0.1, -0.05) is 59.6 Å². The molecule has 3 nitrogen and oxygen atoms in total. The van der Waals surface area contributed by atoms with E-state index in [9.17, 15) is 0 Å². The molecule has 0 aliphatic carbocycles. The fourth-order valence-corrected chi connectivity index (χ4v) is 2.58. The first-order valence-electron chi connectivity index (χ1n) is 8.03. The van der Waals surface area contributed by atoms with Crippen LogP contribution in [0.25, 0.3) is 0 Å². The second-order valence-corrected chi connectivity index (χ2v) is 6.13. The molecule has 0 fully saturated rings. The predicted octanol–water partition coefficient (Wildman–Crippen LogP) is 5.67. The van der Waals surface area contributed by atoms with Crippen LogP contribution in [0, 0.1) is 6.92 Å². The summed E-state index contributed by atoms with van der Waals surface area (Å²) >= 11 is 6.11. The first-order valence-corrected chi connectivity index (χ1v) is 8.40. The second kappa shape index (κ2) is 8.36. The van der Waals surface area contributed by atoms with Crippen molar-refractivity contribution in [3.05, 3.63) is 94.5 Å². The minimum absolute atomic E-state index is 0.496. The highest BCUT2D eigenvalue weighted by Crippen LogP contribution is 2.23. The van der Waals surface area contributed by atoms with Gasteiger partial charge in [-0.05, 0) is 42.8 Å². The van der Waals surface area contributed by atoms with Crippen molar-refractivity contribution in [2.45, 2.75) is 13.5 Å². The molecule has 0 bridgehead atoms. The molecular formula is C21H19ClN2O. The number of ether oxygens (including phenoxy) is 1. The number of anilines is 1. The highest BCUT2D eigenvalue weighted by Gasteiger charge is 2.04. The van der Waals surface area contributed by atoms with Gasteiger partial charge in [0, 0.05) is 10.6 Å². The van der Waals surface area contributed by atoms with Crippen molar-refractivity contribution >= 4 is 23.5 Å². The van der Waals surface area contributed by atoms with Crippen LogP contribution in [0.5, 0.6) is 5.75 Å². The average Bonchev–Trinajstić information content (AvgIpc) is 2.62. The molecule has 4 heteroatoms. The van der Waals surface area contributed by atoms with E-state index < -0.39 is 0 Å². The van der Waals surface area contributed by atoms with E-state index in [4.69, 9.17) is 16.3 Å². The van der Waals surface area contributed by atoms with Crippen LogP contribution in [0.4, 0.5) is 5.69 Å². The van der Waals surface area contributed by atoms with Gasteiger partial charge < -0.3 is 4.74 Å². The Hall–Kier alpha value is -2.78. The molecule has 0 aromatic heterocycles. The number of aryl methyl sites for hydroxylation is 1. The van der Waals surface area contributed by atoms with E-state index in [1.165, 1.54) is 5.56 Å². The van der Waals surface area contributed by atoms with Gasteiger partial charge >= 0.3 is 0 Å². The van der Waals surface area contributed by atoms with Crippen LogP contribution in [0.1, 0.15) is 16.7 Å². The van der Waals surface area contributed by atoms with E-state index in [-0.39, 0.29) is 0 Å². The lowest BCUT2D eigenvalue weighted by atomic mass is 10.1. The zero-order chi connectivity index (χ0) is 17.5. The highest BCUT2D eigenvalue weighted by molar-refractivity contribution is 6.30. The zero-order valence-corrected chi connectivity index (χ0v) is 14.7. The Morgan fingerprint density at radius 2 is 1.84 bits per heavy atom. The molecule has 0 heterocycles. The average molecular weight is 351 g/mol. The third-order valence-corrected chi connectivity index (χ3v) is 3.85. The largest absolute Gasteiger partial charge is 0.488 e. The topological polar surface area (TPSA) is 33.6 Å². The Morgan fingerprint density at radius 1 is 1.00 bits per heavy atom. The van der Waals surface area contributed by atoms with Gasteiger partial charge in [0.05, 0.1) is 11.9 Å². The van der Waals surface area contributed by atoms with Crippen LogP contribution >= 0.6 is 11.6 Å². The fraction of sp³-hybridized carbons (Fsp3) is 0.0952. The van der Waals surface area contributed by atoms with Crippen LogP contribution < -0.4 is 10.2 Å². The number of hydrazone groups is 1. The molecule has 0 aliphatic rings. The summed E-state index contributed by atoms with van der Waals surface area (Å²) in [6.45, 7) is 2.56. The van der Waals surface area contributed by atoms with Crippen molar-refractivity contribution < 1.29 is 4.74 Å². The number of nitrogens with one attached hydrogen (secondary N) is 1. The van der Waals surface area contributed by atoms with Crippen molar-refractivity contribution in [2.75, 3.05) is 5.43 Å². The van der Waals surface area contributed by atoms with E-state index in [0.29, 0.717) is 11.6 Å². The molecule has 3 aromatic rings. The first-order chi connectivity index (χ1) is 12.2. The molecule has 0 atom stereocenters. The number of hydrogen-bond acceptors (Lipinski definition) is 3. The van der Waals surface area contributed by atoms with Crippen LogP contribution in [0.3, 0.4) is 0 Å². The Morgan fingerprint density at radius 3 is 2.64 bits per heavy atom. The summed E-state index contributed by atoms with van der Waals surface area (Å²) in [5.74, 6) is 0.740. The fourth-order valence-electron chi connectivity index (χ4n) is 2.40. The quantitative estimate of drug-likeness (QED) is 0.458. The zero-order valence-electron chi connectivity index (χ0n) is 13.9. The summed E-state index contributed by atoms with van der Waals surface area (Å²) in [5, 5.41) is 4.91. The number of para-hydroxylation sites is 1. The minimum Gasteiger partial charge on any atom is -0.488 e. The summed E-state index contributed by atoms with van der Waals surface area (Å²) in [6.07, 6.45) is 1.71. The maximum Gasteiger partial charge on any atom is 0.128 e. The molecule has 0 amide bonds. The number of hydrogen-bond donors (Lipinski definition) is 1. The van der Waals surface area contributed by atoms with Gasteiger partial charge in [0.1, 0.15) is 12.4 Å². The van der Waals surface area contributed by atoms with E-state index in [1.807, 2.05) is 60.7 Å². The maximum atomic E-state index is 6.11. The Kier molecular flexibility index (Phi) is 5.70. The molecular weight excluding hydrogens is 332 g/mol. The van der Waals surface area contributed by atoms with Crippen molar-refractivity contribution in [3.8, 4) is 5.75 Å². The minimum atomic E-state index is 0.496. The highest BCUT2D eigenvalue weighted by atomic mass is 35.5. The maximum absolute atomic E-state index is 6.11. The standard InChI is InChI=1S/C21H19ClN2O/c1-16-6-5-7-17(12-16)15-25-21-11-10-19(22)13-18(21)14-23-24-20-8-3-2-4-9-20/h2-14,24H,15H2,1H3. The molecule has 0 saturated heterocycles. The summed E-state index contributed by atoms with van der Waals surface area (Å²) in [5.41, 5.74) is 7.07. The molecule has 0 saturated carbocycles. The van der Waals surface area contributed by atoms with Gasteiger partial charge in [-0.2, -0.15) is 5.10 Å². The third-order valence-electron chi connectivity index (χ3n) is 3.62. The van der Waals surface area contributed by atoms with Crippen LogP contribution in [0.2, 0.25) is 5.02 Å². The lowest BCUT2D eigenvalue weighted by Gasteiger charge is -2.10. The number of halogens is 1. The van der Waals surface area contributed by atoms with E-state index in [2.05, 4.69) is 29.6 Å². The monoisotopic (exact) mass is 350 g/mol. The molecule has 3 rings (SSSR count). The van der Waals surface area contributed by atoms with Crippen LogP contribution in [0.15, 0.2) is 77.9 Å². The van der Waals surface area contributed by atoms with Gasteiger partial charge in [-0.25, -0.2) is 0 Å². The van der Waals surface area contributed by atoms with E-state index >= 15 is 0 Å².